The van der Waals surface area contributed by atoms with E-state index < -0.39 is 11.6 Å². The third-order valence-corrected chi connectivity index (χ3v) is 6.53. The zero-order valence-electron chi connectivity index (χ0n) is 22.2. The molecule has 0 radical (unpaired) electrons. The summed E-state index contributed by atoms with van der Waals surface area (Å²) in [5.41, 5.74) is 2.71. The average molecular weight is 516 g/mol. The van der Waals surface area contributed by atoms with Crippen molar-refractivity contribution in [3.8, 4) is 5.75 Å². The fraction of sp³-hybridized carbons (Fsp3) is 0.300. The van der Waals surface area contributed by atoms with Crippen molar-refractivity contribution in [2.45, 2.75) is 32.2 Å². The average Bonchev–Trinajstić information content (AvgIpc) is 2.92. The molecule has 0 heterocycles. The van der Waals surface area contributed by atoms with E-state index in [1.807, 2.05) is 56.3 Å². The number of hydrogen-bond donors (Lipinski definition) is 1. The Kier molecular flexibility index (Phi) is 9.93. The molecule has 3 aromatic carbocycles. The summed E-state index contributed by atoms with van der Waals surface area (Å²) in [4.78, 5) is 41.8. The molecule has 1 atom stereocenters. The van der Waals surface area contributed by atoms with Crippen molar-refractivity contribution in [3.05, 3.63) is 89.5 Å². The van der Waals surface area contributed by atoms with Gasteiger partial charge in [0.15, 0.2) is 5.78 Å². The van der Waals surface area contributed by atoms with Crippen molar-refractivity contribution in [1.29, 1.82) is 0 Å². The smallest absolute Gasteiger partial charge is 0.411 e. The van der Waals surface area contributed by atoms with E-state index in [4.69, 9.17) is 9.47 Å². The second-order valence-corrected chi connectivity index (χ2v) is 9.11. The van der Waals surface area contributed by atoms with Crippen molar-refractivity contribution < 1.29 is 23.9 Å². The third kappa shape index (κ3) is 7.16. The maximum absolute atomic E-state index is 13.6. The van der Waals surface area contributed by atoms with Crippen LogP contribution in [0.15, 0.2) is 77.8 Å². The van der Waals surface area contributed by atoms with Gasteiger partial charge in [-0.15, -0.1) is 0 Å². The molecule has 1 amide bonds. The van der Waals surface area contributed by atoms with E-state index in [1.54, 1.807) is 49.4 Å². The Labute approximate surface area is 223 Å². The van der Waals surface area contributed by atoms with Gasteiger partial charge in [0.25, 0.3) is 0 Å². The monoisotopic (exact) mass is 515 g/mol. The van der Waals surface area contributed by atoms with Crippen LogP contribution in [0.1, 0.15) is 34.8 Å². The lowest BCUT2D eigenvalue weighted by atomic mass is 9.80. The van der Waals surface area contributed by atoms with Crippen molar-refractivity contribution in [1.82, 2.24) is 4.90 Å². The maximum atomic E-state index is 13.6. The summed E-state index contributed by atoms with van der Waals surface area (Å²) >= 11 is 0. The first-order valence-corrected chi connectivity index (χ1v) is 12.4. The number of likely N-dealkylation sites (N-methyl/N-ethyl adjacent to an activating group) is 1. The molecule has 8 nitrogen and oxygen atoms in total. The molecule has 0 fully saturated rings. The standard InChI is InChI=1S/C30H33N3O5/c1-5-30(33(3)4,20-23-9-7-6-8-10-23)28(35)24-12-15-26(16-13-24)37-17-18-38-29(36)32-25-14-11-22(2)27(19-25)31-21-34/h6-16,19H,5,17-18,20H2,1-4H3,(H,32,36). The number of aliphatic imine (C=N–C) groups is 1. The minimum Gasteiger partial charge on any atom is -0.490 e. The lowest BCUT2D eigenvalue weighted by Gasteiger charge is -2.38. The number of benzene rings is 3. The Hall–Kier alpha value is -4.26. The number of Topliss-reactive ketones (excluding diaryl/α,β-unsaturated/α-hetero) is 1. The molecule has 0 saturated heterocycles. The fourth-order valence-corrected chi connectivity index (χ4v) is 4.25. The highest BCUT2D eigenvalue weighted by atomic mass is 16.6. The predicted molar refractivity (Wildman–Crippen MR) is 147 cm³/mol. The number of ether oxygens (including phenoxy) is 2. The van der Waals surface area contributed by atoms with Gasteiger partial charge in [0, 0.05) is 11.3 Å². The molecule has 38 heavy (non-hydrogen) atoms. The van der Waals surface area contributed by atoms with Gasteiger partial charge in [-0.2, -0.15) is 4.99 Å². The number of amides is 1. The first-order chi connectivity index (χ1) is 18.3. The fourth-order valence-electron chi connectivity index (χ4n) is 4.25. The highest BCUT2D eigenvalue weighted by Gasteiger charge is 2.39. The SMILES string of the molecule is CCC(Cc1ccccc1)(C(=O)c1ccc(OCCOC(=O)Nc2ccc(C)c(N=C=O)c2)cc1)N(C)C. The molecule has 1 unspecified atom stereocenters. The quantitative estimate of drug-likeness (QED) is 0.143. The Morgan fingerprint density at radius 3 is 2.34 bits per heavy atom. The van der Waals surface area contributed by atoms with Crippen molar-refractivity contribution in [2.24, 2.45) is 4.99 Å². The summed E-state index contributed by atoms with van der Waals surface area (Å²) in [5, 5.41) is 2.58. The number of carbonyl (C=O) groups is 2. The van der Waals surface area contributed by atoms with Crippen LogP contribution in [0.25, 0.3) is 0 Å². The Bertz CT molecular complexity index is 1290. The molecule has 0 aliphatic carbocycles. The van der Waals surface area contributed by atoms with E-state index in [-0.39, 0.29) is 19.0 Å². The molecule has 0 saturated carbocycles. The van der Waals surface area contributed by atoms with E-state index >= 15 is 0 Å². The molecule has 3 rings (SSSR count). The van der Waals surface area contributed by atoms with E-state index in [2.05, 4.69) is 10.3 Å². The summed E-state index contributed by atoms with van der Waals surface area (Å²) in [5.74, 6) is 0.619. The lowest BCUT2D eigenvalue weighted by molar-refractivity contribution is 0.0666. The van der Waals surface area contributed by atoms with Crippen LogP contribution in [-0.2, 0) is 16.0 Å². The van der Waals surface area contributed by atoms with Crippen LogP contribution in [0.4, 0.5) is 16.2 Å². The van der Waals surface area contributed by atoms with Gasteiger partial charge >= 0.3 is 6.09 Å². The van der Waals surface area contributed by atoms with E-state index in [9.17, 15) is 14.4 Å². The lowest BCUT2D eigenvalue weighted by Crippen LogP contribution is -2.52. The number of aryl methyl sites for hydroxylation is 1. The van der Waals surface area contributed by atoms with Crippen LogP contribution >= 0.6 is 0 Å². The summed E-state index contributed by atoms with van der Waals surface area (Å²) in [6.45, 7) is 3.99. The van der Waals surface area contributed by atoms with Crippen LogP contribution in [0.3, 0.4) is 0 Å². The highest BCUT2D eigenvalue weighted by molar-refractivity contribution is 6.03. The molecule has 1 N–H and O–H groups in total. The van der Waals surface area contributed by atoms with E-state index in [1.165, 1.54) is 6.08 Å². The number of rotatable bonds is 12. The zero-order chi connectivity index (χ0) is 27.5. The van der Waals surface area contributed by atoms with E-state index in [0.29, 0.717) is 35.5 Å². The molecule has 0 aromatic heterocycles. The zero-order valence-corrected chi connectivity index (χ0v) is 22.2. The summed E-state index contributed by atoms with van der Waals surface area (Å²) < 4.78 is 10.8. The molecule has 0 bridgehead atoms. The number of carbonyl (C=O) groups excluding carboxylic acids is 3. The van der Waals surface area contributed by atoms with Crippen molar-refractivity contribution >= 4 is 29.3 Å². The summed E-state index contributed by atoms with van der Waals surface area (Å²) in [7, 11) is 3.88. The molecule has 3 aromatic rings. The van der Waals surface area contributed by atoms with Gasteiger partial charge in [-0.25, -0.2) is 9.59 Å². The molecular formula is C30H33N3O5. The summed E-state index contributed by atoms with van der Waals surface area (Å²) in [6, 6.07) is 22.0. The van der Waals surface area contributed by atoms with Crippen LogP contribution in [0.5, 0.6) is 5.75 Å². The van der Waals surface area contributed by atoms with Gasteiger partial charge in [-0.3, -0.25) is 15.0 Å². The molecule has 8 heteroatoms. The van der Waals surface area contributed by atoms with Gasteiger partial charge in [-0.1, -0.05) is 43.3 Å². The molecular weight excluding hydrogens is 482 g/mol. The van der Waals surface area contributed by atoms with Crippen molar-refractivity contribution in [3.63, 3.8) is 0 Å². The van der Waals surface area contributed by atoms with Crippen molar-refractivity contribution in [2.75, 3.05) is 32.6 Å². The number of ketones is 1. The molecule has 0 spiro atoms. The maximum Gasteiger partial charge on any atom is 0.411 e. The van der Waals surface area contributed by atoms with Gasteiger partial charge in [0.2, 0.25) is 6.08 Å². The molecule has 198 valence electrons. The second kappa shape index (κ2) is 13.3. The minimum atomic E-state index is -0.664. The van der Waals surface area contributed by atoms with E-state index in [0.717, 1.165) is 11.1 Å². The second-order valence-electron chi connectivity index (χ2n) is 9.11. The van der Waals surface area contributed by atoms with Crippen LogP contribution in [-0.4, -0.2) is 55.7 Å². The predicted octanol–water partition coefficient (Wildman–Crippen LogP) is 5.73. The minimum absolute atomic E-state index is 0.0222. The number of anilines is 1. The Balaban J connectivity index is 1.54. The number of nitrogens with one attached hydrogen (secondary N) is 1. The van der Waals surface area contributed by atoms with Crippen LogP contribution in [0, 0.1) is 6.92 Å². The number of isocyanates is 1. The Morgan fingerprint density at radius 1 is 1.00 bits per heavy atom. The van der Waals surface area contributed by atoms with Crippen LogP contribution in [0.2, 0.25) is 0 Å². The van der Waals surface area contributed by atoms with Crippen LogP contribution < -0.4 is 10.1 Å². The number of nitrogens with zero attached hydrogens (tertiary/aromatic N) is 2. The van der Waals surface area contributed by atoms with Gasteiger partial charge < -0.3 is 9.47 Å². The summed E-state index contributed by atoms with van der Waals surface area (Å²) in [6.07, 6.45) is 2.12. The first-order valence-electron chi connectivity index (χ1n) is 12.4. The van der Waals surface area contributed by atoms with Gasteiger partial charge in [-0.05, 0) is 81.4 Å². The normalized spacial score (nSPS) is 12.2. The highest BCUT2D eigenvalue weighted by Crippen LogP contribution is 2.28. The topological polar surface area (TPSA) is 97.3 Å². The largest absolute Gasteiger partial charge is 0.490 e. The Morgan fingerprint density at radius 2 is 1.71 bits per heavy atom. The van der Waals surface area contributed by atoms with Gasteiger partial charge in [0.1, 0.15) is 19.0 Å². The first kappa shape index (κ1) is 28.3. The molecule has 0 aliphatic rings. The third-order valence-electron chi connectivity index (χ3n) is 6.53. The van der Waals surface area contributed by atoms with Gasteiger partial charge in [0.05, 0.1) is 11.2 Å². The molecule has 0 aliphatic heterocycles. The number of hydrogen-bond acceptors (Lipinski definition) is 7.